The smallest absolute Gasteiger partial charge is 0.309 e. The van der Waals surface area contributed by atoms with Crippen LogP contribution in [0.1, 0.15) is 36.4 Å². The fourth-order valence-electron chi connectivity index (χ4n) is 4.38. The van der Waals surface area contributed by atoms with Crippen molar-refractivity contribution in [1.82, 2.24) is 9.80 Å². The average molecular weight is 411 g/mol. The van der Waals surface area contributed by atoms with E-state index in [-0.39, 0.29) is 18.4 Å². The molecule has 2 aromatic rings. The van der Waals surface area contributed by atoms with Gasteiger partial charge in [0.2, 0.25) is 5.91 Å². The van der Waals surface area contributed by atoms with Crippen molar-refractivity contribution in [2.24, 2.45) is 5.92 Å². The van der Waals surface area contributed by atoms with Gasteiger partial charge in [-0.05, 0) is 29.7 Å². The second-order valence-electron chi connectivity index (χ2n) is 7.84. The first-order chi connectivity index (χ1) is 14.5. The van der Waals surface area contributed by atoms with Crippen LogP contribution in [0.15, 0.2) is 54.6 Å². The number of carbonyl (C=O) groups is 2. The molecule has 1 aliphatic heterocycles. The van der Waals surface area contributed by atoms with E-state index in [0.29, 0.717) is 18.8 Å². The summed E-state index contributed by atoms with van der Waals surface area (Å²) in [5.74, 6) is -0.964. The fourth-order valence-corrected chi connectivity index (χ4v) is 4.38. The number of aliphatic carboxylic acids is 1. The van der Waals surface area contributed by atoms with Gasteiger partial charge in [0.15, 0.2) is 0 Å². The first-order valence-corrected chi connectivity index (χ1v) is 10.4. The molecule has 1 aliphatic rings. The molecule has 1 fully saturated rings. The Labute approximate surface area is 178 Å². The largest absolute Gasteiger partial charge is 0.497 e. The molecular weight excluding hydrogens is 380 g/mol. The van der Waals surface area contributed by atoms with Gasteiger partial charge in [0.1, 0.15) is 5.75 Å². The van der Waals surface area contributed by atoms with Gasteiger partial charge in [-0.15, -0.1) is 0 Å². The number of rotatable bonds is 8. The van der Waals surface area contributed by atoms with Crippen molar-refractivity contribution < 1.29 is 19.4 Å². The molecule has 1 heterocycles. The van der Waals surface area contributed by atoms with Crippen molar-refractivity contribution in [3.8, 4) is 5.75 Å². The van der Waals surface area contributed by atoms with Gasteiger partial charge in [-0.3, -0.25) is 14.5 Å². The number of benzene rings is 2. The summed E-state index contributed by atoms with van der Waals surface area (Å²) in [5.41, 5.74) is 1.87. The molecule has 0 saturated carbocycles. The van der Waals surface area contributed by atoms with Crippen LogP contribution in [0.2, 0.25) is 0 Å². The molecule has 0 radical (unpaired) electrons. The highest BCUT2D eigenvalue weighted by atomic mass is 16.5. The Morgan fingerprint density at radius 1 is 1.10 bits per heavy atom. The molecule has 0 aliphatic carbocycles. The van der Waals surface area contributed by atoms with Gasteiger partial charge < -0.3 is 14.7 Å². The highest BCUT2D eigenvalue weighted by Crippen LogP contribution is 2.46. The molecule has 0 aromatic heterocycles. The third kappa shape index (κ3) is 4.65. The molecule has 160 valence electrons. The molecule has 2 aromatic carbocycles. The van der Waals surface area contributed by atoms with Crippen molar-refractivity contribution >= 4 is 11.9 Å². The fraction of sp³-hybridized carbons (Fsp3) is 0.417. The summed E-state index contributed by atoms with van der Waals surface area (Å²) >= 11 is 0. The number of likely N-dealkylation sites (tertiary alicyclic amines) is 1. The number of carbonyl (C=O) groups excluding carboxylic acids is 1. The Balaban J connectivity index is 1.98. The van der Waals surface area contributed by atoms with Crippen LogP contribution < -0.4 is 4.74 Å². The first-order valence-electron chi connectivity index (χ1n) is 10.4. The molecule has 30 heavy (non-hydrogen) atoms. The Morgan fingerprint density at radius 2 is 1.77 bits per heavy atom. The zero-order chi connectivity index (χ0) is 21.7. The predicted octanol–water partition coefficient (Wildman–Crippen LogP) is 3.40. The number of ether oxygens (including phenoxy) is 1. The number of hydrogen-bond acceptors (Lipinski definition) is 4. The number of nitrogens with zero attached hydrogens (tertiary/aromatic N) is 2. The molecule has 6 nitrogen and oxygen atoms in total. The Bertz CT molecular complexity index is 853. The summed E-state index contributed by atoms with van der Waals surface area (Å²) in [6.45, 7) is 3.43. The number of amides is 1. The van der Waals surface area contributed by atoms with Gasteiger partial charge in [0, 0.05) is 32.1 Å². The summed E-state index contributed by atoms with van der Waals surface area (Å²) < 4.78 is 5.26. The van der Waals surface area contributed by atoms with Gasteiger partial charge in [-0.25, -0.2) is 0 Å². The lowest BCUT2D eigenvalue weighted by Crippen LogP contribution is -2.39. The van der Waals surface area contributed by atoms with Crippen molar-refractivity contribution in [3.05, 3.63) is 65.7 Å². The Hall–Kier alpha value is -2.86. The van der Waals surface area contributed by atoms with E-state index in [0.717, 1.165) is 17.5 Å². The molecule has 0 spiro atoms. The summed E-state index contributed by atoms with van der Waals surface area (Å²) in [7, 11) is 3.40. The van der Waals surface area contributed by atoms with E-state index in [1.165, 1.54) is 0 Å². The van der Waals surface area contributed by atoms with Crippen LogP contribution in [0.5, 0.6) is 5.75 Å². The van der Waals surface area contributed by atoms with E-state index in [4.69, 9.17) is 4.74 Å². The highest BCUT2D eigenvalue weighted by Gasteiger charge is 2.47. The molecule has 1 saturated heterocycles. The third-order valence-electron chi connectivity index (χ3n) is 5.89. The van der Waals surface area contributed by atoms with Crippen molar-refractivity contribution in [1.29, 1.82) is 0 Å². The van der Waals surface area contributed by atoms with Gasteiger partial charge in [0.25, 0.3) is 0 Å². The van der Waals surface area contributed by atoms with E-state index in [1.807, 2.05) is 66.4 Å². The van der Waals surface area contributed by atoms with Crippen molar-refractivity contribution in [2.45, 2.75) is 25.3 Å². The Morgan fingerprint density at radius 3 is 2.33 bits per heavy atom. The molecule has 0 bridgehead atoms. The topological polar surface area (TPSA) is 70.1 Å². The molecule has 1 amide bonds. The SMILES string of the molecule is CCCN(C)C(=O)CN1C[C@H](c2ccccc2)[C@H](C(=O)O)[C@H]1c1ccc(OC)cc1. The molecule has 3 rings (SSSR count). The van der Waals surface area contributed by atoms with E-state index in [2.05, 4.69) is 0 Å². The molecule has 0 unspecified atom stereocenters. The van der Waals surface area contributed by atoms with Gasteiger partial charge >= 0.3 is 5.97 Å². The third-order valence-corrected chi connectivity index (χ3v) is 5.89. The zero-order valence-electron chi connectivity index (χ0n) is 17.8. The maximum absolute atomic E-state index is 12.8. The van der Waals surface area contributed by atoms with Gasteiger partial charge in [-0.1, -0.05) is 49.4 Å². The lowest BCUT2D eigenvalue weighted by atomic mass is 9.83. The maximum Gasteiger partial charge on any atom is 0.309 e. The van der Waals surface area contributed by atoms with E-state index in [1.54, 1.807) is 19.1 Å². The standard InChI is InChI=1S/C24H30N2O4/c1-4-14-25(2)21(27)16-26-15-20(17-8-6-5-7-9-17)22(24(28)29)23(26)18-10-12-19(30-3)13-11-18/h5-13,20,22-23H,4,14-16H2,1-3H3,(H,28,29)/t20-,22+,23-/m1/s1. The lowest BCUT2D eigenvalue weighted by molar-refractivity contribution is -0.143. The molecule has 3 atom stereocenters. The van der Waals surface area contributed by atoms with Crippen LogP contribution >= 0.6 is 0 Å². The second kappa shape index (κ2) is 9.76. The number of likely N-dealkylation sites (N-methyl/N-ethyl adjacent to an activating group) is 1. The van der Waals surface area contributed by atoms with E-state index >= 15 is 0 Å². The van der Waals surface area contributed by atoms with Gasteiger partial charge in [-0.2, -0.15) is 0 Å². The van der Waals surface area contributed by atoms with Crippen LogP contribution in [-0.4, -0.2) is 60.6 Å². The van der Waals surface area contributed by atoms with Gasteiger partial charge in [0.05, 0.1) is 19.6 Å². The predicted molar refractivity (Wildman–Crippen MR) is 116 cm³/mol. The first kappa shape index (κ1) is 21.8. The quantitative estimate of drug-likeness (QED) is 0.722. The number of carboxylic acids is 1. The minimum Gasteiger partial charge on any atom is -0.497 e. The monoisotopic (exact) mass is 410 g/mol. The number of hydrogen-bond donors (Lipinski definition) is 1. The average Bonchev–Trinajstić information content (AvgIpc) is 3.14. The Kier molecular flexibility index (Phi) is 7.11. The molecule has 6 heteroatoms. The summed E-state index contributed by atoms with van der Waals surface area (Å²) in [6.07, 6.45) is 0.883. The summed E-state index contributed by atoms with van der Waals surface area (Å²) in [6, 6.07) is 16.8. The minimum atomic E-state index is -0.846. The molecule has 1 N–H and O–H groups in total. The van der Waals surface area contributed by atoms with Crippen molar-refractivity contribution in [3.63, 3.8) is 0 Å². The lowest BCUT2D eigenvalue weighted by Gasteiger charge is -2.28. The zero-order valence-corrected chi connectivity index (χ0v) is 17.8. The van der Waals surface area contributed by atoms with Crippen LogP contribution in [0, 0.1) is 5.92 Å². The van der Waals surface area contributed by atoms with E-state index in [9.17, 15) is 14.7 Å². The normalized spacial score (nSPS) is 21.4. The molecular formula is C24H30N2O4. The van der Waals surface area contributed by atoms with Crippen LogP contribution in [0.4, 0.5) is 0 Å². The summed E-state index contributed by atoms with van der Waals surface area (Å²) in [5, 5.41) is 10.2. The van der Waals surface area contributed by atoms with Crippen LogP contribution in [0.3, 0.4) is 0 Å². The summed E-state index contributed by atoms with van der Waals surface area (Å²) in [4.78, 5) is 29.0. The minimum absolute atomic E-state index is 0.00760. The highest BCUT2D eigenvalue weighted by molar-refractivity contribution is 5.79. The van der Waals surface area contributed by atoms with Crippen molar-refractivity contribution in [2.75, 3.05) is 33.8 Å². The second-order valence-corrected chi connectivity index (χ2v) is 7.84. The van der Waals surface area contributed by atoms with Crippen LogP contribution in [-0.2, 0) is 9.59 Å². The number of methoxy groups -OCH3 is 1. The maximum atomic E-state index is 12.8. The van der Waals surface area contributed by atoms with Crippen LogP contribution in [0.25, 0.3) is 0 Å². The number of carboxylic acid groups (broad SMARTS) is 1. The van der Waals surface area contributed by atoms with E-state index < -0.39 is 17.9 Å².